The molecule has 9 rings (SSSR count). The molecule has 3 aliphatic rings. The van der Waals surface area contributed by atoms with Gasteiger partial charge in [0.15, 0.2) is 46.0 Å². The van der Waals surface area contributed by atoms with E-state index in [2.05, 4.69) is 72.5 Å². The highest BCUT2D eigenvalue weighted by Gasteiger charge is 2.42. The Balaban J connectivity index is 0.000000246. The number of rotatable bonds is 13. The highest BCUT2D eigenvalue weighted by atomic mass is 35.5. The molecule has 4 atom stereocenters. The maximum Gasteiger partial charge on any atom is 0.408 e. The molecule has 0 spiro atoms. The molecule has 3 aliphatic carbocycles. The number of anilines is 6. The van der Waals surface area contributed by atoms with Crippen molar-refractivity contribution in [2.45, 2.75) is 167 Å². The van der Waals surface area contributed by atoms with E-state index in [0.29, 0.717) is 46.0 Å². The quantitative estimate of drug-likeness (QED) is 0.0481. The normalized spacial score (nSPS) is 15.7. The topological polar surface area (TPSA) is 419 Å². The predicted octanol–water partition coefficient (Wildman–Crippen LogP) is 9.25. The summed E-state index contributed by atoms with van der Waals surface area (Å²) in [5.74, 6) is 0.0145. The molecule has 0 radical (unpaired) electrons. The summed E-state index contributed by atoms with van der Waals surface area (Å²) in [4.78, 5) is 72.0. The highest BCUT2D eigenvalue weighted by molar-refractivity contribution is 6.92. The van der Waals surface area contributed by atoms with Crippen molar-refractivity contribution in [3.05, 3.63) is 106 Å². The van der Waals surface area contributed by atoms with Crippen LogP contribution in [0.2, 0.25) is 0 Å². The minimum absolute atomic E-state index is 0. The van der Waals surface area contributed by atoms with E-state index in [1.165, 1.54) is 31.0 Å². The van der Waals surface area contributed by atoms with Gasteiger partial charge in [0.2, 0.25) is 0 Å². The zero-order valence-corrected chi connectivity index (χ0v) is 51.1. The fourth-order valence-corrected chi connectivity index (χ4v) is 7.22. The van der Waals surface area contributed by atoms with Gasteiger partial charge in [0.1, 0.15) is 17.0 Å². The lowest BCUT2D eigenvalue weighted by molar-refractivity contribution is 0.0489. The minimum atomic E-state index is -1.19. The zero-order valence-electron chi connectivity index (χ0n) is 48.9. The van der Waals surface area contributed by atoms with Gasteiger partial charge in [-0.05, 0) is 137 Å². The number of alkyl carbamates (subject to hydrolysis) is 2. The number of carboxylic acid groups (broad SMARTS) is 1. The third kappa shape index (κ3) is 19.2. The Morgan fingerprint density at radius 1 is 0.554 bits per heavy atom. The number of nitrogens with one attached hydrogen (secondary N) is 4. The van der Waals surface area contributed by atoms with Crippen molar-refractivity contribution in [1.82, 2.24) is 41.1 Å². The van der Waals surface area contributed by atoms with E-state index in [4.69, 9.17) is 56.8 Å². The summed E-state index contributed by atoms with van der Waals surface area (Å²) < 4.78 is 25.3. The lowest BCUT2D eigenvalue weighted by atomic mass is 10.0. The van der Waals surface area contributed by atoms with E-state index in [9.17, 15) is 24.0 Å². The van der Waals surface area contributed by atoms with Crippen molar-refractivity contribution in [1.29, 1.82) is 0 Å². The van der Waals surface area contributed by atoms with Crippen LogP contribution in [0.3, 0.4) is 0 Å². The van der Waals surface area contributed by atoms with Gasteiger partial charge in [-0.2, -0.15) is 9.90 Å². The summed E-state index contributed by atoms with van der Waals surface area (Å²) in [5.41, 5.74) is 32.2. The minimum Gasteiger partial charge on any atom is -0.476 e. The van der Waals surface area contributed by atoms with Crippen molar-refractivity contribution in [2.24, 2.45) is 5.73 Å². The SMILES string of the molecule is CC(N)c1cc(C(=O)Nc2nc(C3(C)CC3)ccc2N)no1.CC(NC(=O)OC(C)(C)C)c1cc(C(=O)Nc2nc(C3(C)CC3)ccc2N)no1.CC(NC(=O)OC(C)(C)C)c1cc(C(=O)O)no1.CC1(c2ccc(N)c(N)n2)CC1.Cl.P. The lowest BCUT2D eigenvalue weighted by Gasteiger charge is -2.21. The van der Waals surface area contributed by atoms with Gasteiger partial charge in [-0.15, -0.1) is 12.4 Å². The molecular formula is C55H79ClN15O11P. The van der Waals surface area contributed by atoms with Gasteiger partial charge in [-0.25, -0.2) is 29.3 Å². The molecule has 83 heavy (non-hydrogen) atoms. The molecule has 0 aliphatic heterocycles. The lowest BCUT2D eigenvalue weighted by Crippen LogP contribution is -2.33. The molecule has 26 nitrogen and oxygen atoms in total. The molecule has 452 valence electrons. The fourth-order valence-electron chi connectivity index (χ4n) is 7.22. The van der Waals surface area contributed by atoms with Crippen molar-refractivity contribution in [3.8, 4) is 0 Å². The van der Waals surface area contributed by atoms with Crippen LogP contribution in [0.1, 0.15) is 206 Å². The van der Waals surface area contributed by atoms with Crippen LogP contribution < -0.4 is 49.9 Å². The number of aromatic nitrogens is 6. The molecule has 6 aromatic rings. The molecule has 0 bridgehead atoms. The standard InChI is InChI=1S/C20H27N5O4.C15H19N5O2.C11H16N2O5.C9H13N3.ClH.H3P/c1-11(22-18(27)28-19(2,3)4)14-10-13(25-29-14)17(26)24-16-12(21)6-7-15(23-16)20(5)8-9-20;1-8(16)11-7-10(20-22-11)14(21)19-13-9(17)3-4-12(18-13)15(2)5-6-15;1-6(12-10(16)17-11(2,3)4)8-5-7(9(14)15)13-18-8;1-9(4-5-9)7-3-2-6(10)8(11)12-7;;/h6-7,10-11H,8-9,21H2,1-5H3,(H,22,27)(H,23,24,26);3-4,7-8H,5-6,16-17H2,1-2H3,(H,18,19,21);5-6H,1-4H3,(H,12,16)(H,14,15);2-3H,4-5,10H2,1H3,(H2,11,12);1H;1H3. The first-order valence-electron chi connectivity index (χ1n) is 26.2. The van der Waals surface area contributed by atoms with Gasteiger partial charge in [-0.3, -0.25) is 9.59 Å². The highest BCUT2D eigenvalue weighted by Crippen LogP contribution is 2.49. The average molecular weight is 1190 g/mol. The number of ether oxygens (including phenoxy) is 2. The molecule has 3 fully saturated rings. The maximum absolute atomic E-state index is 12.5. The van der Waals surface area contributed by atoms with E-state index in [0.717, 1.165) is 42.8 Å². The summed E-state index contributed by atoms with van der Waals surface area (Å²) in [5, 5.41) is 30.0. The monoisotopic (exact) mass is 1190 g/mol. The Morgan fingerprint density at radius 3 is 1.19 bits per heavy atom. The van der Waals surface area contributed by atoms with E-state index in [1.54, 1.807) is 74.4 Å². The second kappa shape index (κ2) is 26.9. The summed E-state index contributed by atoms with van der Waals surface area (Å²) in [6.45, 7) is 22.1. The second-order valence-corrected chi connectivity index (χ2v) is 23.2. The molecule has 4 unspecified atom stereocenters. The Labute approximate surface area is 490 Å². The van der Waals surface area contributed by atoms with Gasteiger partial charge in [-0.1, -0.05) is 36.2 Å². The molecule has 3 saturated carbocycles. The van der Waals surface area contributed by atoms with Gasteiger partial charge < -0.3 is 78.1 Å². The van der Waals surface area contributed by atoms with E-state index in [1.807, 2.05) is 24.3 Å². The van der Waals surface area contributed by atoms with Crippen molar-refractivity contribution in [2.75, 3.05) is 33.6 Å². The first-order chi connectivity index (χ1) is 37.7. The number of carboxylic acids is 1. The Kier molecular flexibility index (Phi) is 21.8. The number of nitrogens with two attached hydrogens (primary N) is 5. The molecule has 0 saturated heterocycles. The van der Waals surface area contributed by atoms with E-state index < -0.39 is 53.3 Å². The maximum atomic E-state index is 12.5. The van der Waals surface area contributed by atoms with Gasteiger partial charge >= 0.3 is 18.2 Å². The summed E-state index contributed by atoms with van der Waals surface area (Å²) in [7, 11) is 0. The molecule has 28 heteroatoms. The third-order valence-corrected chi connectivity index (χ3v) is 13.2. The fraction of sp³-hybridized carbons (Fsp3) is 0.473. The smallest absolute Gasteiger partial charge is 0.408 e. The number of carbonyl (C=O) groups is 5. The number of amides is 4. The van der Waals surface area contributed by atoms with E-state index >= 15 is 0 Å². The first-order valence-corrected chi connectivity index (χ1v) is 26.2. The van der Waals surface area contributed by atoms with Crippen LogP contribution in [0.5, 0.6) is 0 Å². The molecule has 6 heterocycles. The van der Waals surface area contributed by atoms with Crippen LogP contribution in [0.15, 0.2) is 68.2 Å². The van der Waals surface area contributed by atoms with Crippen LogP contribution in [0.4, 0.5) is 44.1 Å². The van der Waals surface area contributed by atoms with Crippen molar-refractivity contribution >= 4 is 86.8 Å². The van der Waals surface area contributed by atoms with Crippen LogP contribution >= 0.6 is 22.3 Å². The summed E-state index contributed by atoms with van der Waals surface area (Å²) in [6, 6.07) is 13.9. The Morgan fingerprint density at radius 2 is 0.880 bits per heavy atom. The Bertz CT molecular complexity index is 3250. The van der Waals surface area contributed by atoms with Gasteiger partial charge in [0.05, 0.1) is 35.2 Å². The van der Waals surface area contributed by atoms with Crippen LogP contribution in [0.25, 0.3) is 0 Å². The number of pyridine rings is 3. The van der Waals surface area contributed by atoms with Crippen LogP contribution in [-0.4, -0.2) is 76.7 Å². The second-order valence-electron chi connectivity index (χ2n) is 23.2. The molecule has 15 N–H and O–H groups in total. The molecule has 0 aromatic carbocycles. The van der Waals surface area contributed by atoms with Crippen molar-refractivity contribution < 1.29 is 52.1 Å². The van der Waals surface area contributed by atoms with Gasteiger partial charge in [0.25, 0.3) is 11.8 Å². The number of nitrogen functional groups attached to an aromatic ring is 4. The Hall–Kier alpha value is -8.09. The number of aromatic carboxylic acids is 1. The number of nitrogens with zero attached hydrogens (tertiary/aromatic N) is 6. The number of hydrogen-bond donors (Lipinski definition) is 10. The predicted molar refractivity (Wildman–Crippen MR) is 319 cm³/mol. The zero-order chi connectivity index (χ0) is 60.0. The molecule has 4 amide bonds. The number of carbonyl (C=O) groups excluding carboxylic acids is 4. The first kappa shape index (κ1) is 67.4. The number of hydrogen-bond acceptors (Lipinski definition) is 21. The molecule has 6 aromatic heterocycles. The van der Waals surface area contributed by atoms with Gasteiger partial charge in [0, 0.05) is 51.5 Å². The largest absolute Gasteiger partial charge is 0.476 e. The summed E-state index contributed by atoms with van der Waals surface area (Å²) >= 11 is 0. The van der Waals surface area contributed by atoms with Crippen molar-refractivity contribution in [3.63, 3.8) is 0 Å². The summed E-state index contributed by atoms with van der Waals surface area (Å²) in [6.07, 6.45) is 5.54. The van der Waals surface area contributed by atoms with Crippen LogP contribution in [0, 0.1) is 0 Å². The third-order valence-electron chi connectivity index (χ3n) is 13.2. The average Bonchev–Trinajstić information content (AvgIpc) is 4.29. The van der Waals surface area contributed by atoms with Crippen LogP contribution in [-0.2, 0) is 25.7 Å². The van der Waals surface area contributed by atoms with E-state index in [-0.39, 0.29) is 67.4 Å². The molecular weight excluding hydrogens is 1110 g/mol. The number of halogens is 1.